The van der Waals surface area contributed by atoms with Gasteiger partial charge in [0.2, 0.25) is 0 Å². The quantitative estimate of drug-likeness (QED) is 0.745. The lowest BCUT2D eigenvalue weighted by molar-refractivity contribution is 0.0938. The van der Waals surface area contributed by atoms with Gasteiger partial charge >= 0.3 is 0 Å². The lowest BCUT2D eigenvalue weighted by atomic mass is 10.0. The number of rotatable bonds is 2. The standard InChI is InChI=1S/C10H10F2O2/c1-5(2)9(13)6-3-7(11)10(14)8(12)4-6/h3-5,14H,1-2H3. The van der Waals surface area contributed by atoms with E-state index in [1.165, 1.54) is 0 Å². The van der Waals surface area contributed by atoms with Gasteiger partial charge in [-0.2, -0.15) is 0 Å². The SMILES string of the molecule is CC(C)C(=O)c1cc(F)c(O)c(F)c1. The first-order valence-electron chi connectivity index (χ1n) is 4.15. The molecule has 0 aromatic heterocycles. The fourth-order valence-electron chi connectivity index (χ4n) is 1.04. The second-order valence-corrected chi connectivity index (χ2v) is 3.31. The number of hydrogen-bond acceptors (Lipinski definition) is 2. The molecule has 4 heteroatoms. The van der Waals surface area contributed by atoms with Gasteiger partial charge in [-0.15, -0.1) is 0 Å². The Bertz CT molecular complexity index is 349. The molecule has 0 amide bonds. The normalized spacial score (nSPS) is 10.6. The third-order valence-corrected chi connectivity index (χ3v) is 1.83. The molecule has 0 fully saturated rings. The first-order valence-corrected chi connectivity index (χ1v) is 4.15. The van der Waals surface area contributed by atoms with Crippen LogP contribution in [0.15, 0.2) is 12.1 Å². The van der Waals surface area contributed by atoms with Gasteiger partial charge in [-0.25, -0.2) is 8.78 Å². The van der Waals surface area contributed by atoms with Crippen LogP contribution in [0.25, 0.3) is 0 Å². The average molecular weight is 200 g/mol. The Kier molecular flexibility index (Phi) is 2.84. The van der Waals surface area contributed by atoms with Crippen LogP contribution in [-0.2, 0) is 0 Å². The maximum absolute atomic E-state index is 12.8. The van der Waals surface area contributed by atoms with Gasteiger partial charge in [0.05, 0.1) is 0 Å². The van der Waals surface area contributed by atoms with E-state index in [0.29, 0.717) is 0 Å². The molecule has 1 N–H and O–H groups in total. The first-order chi connectivity index (χ1) is 6.43. The predicted octanol–water partition coefficient (Wildman–Crippen LogP) is 2.51. The van der Waals surface area contributed by atoms with Crippen molar-refractivity contribution in [2.45, 2.75) is 13.8 Å². The Hall–Kier alpha value is -1.45. The Labute approximate surface area is 80.2 Å². The van der Waals surface area contributed by atoms with E-state index in [0.717, 1.165) is 12.1 Å². The topological polar surface area (TPSA) is 37.3 Å². The van der Waals surface area contributed by atoms with Crippen LogP contribution >= 0.6 is 0 Å². The molecule has 0 unspecified atom stereocenters. The third kappa shape index (κ3) is 1.89. The van der Waals surface area contributed by atoms with Crippen LogP contribution in [0, 0.1) is 17.6 Å². The summed E-state index contributed by atoms with van der Waals surface area (Å²) in [6.45, 7) is 3.26. The highest BCUT2D eigenvalue weighted by molar-refractivity contribution is 5.97. The largest absolute Gasteiger partial charge is 0.503 e. The zero-order valence-electron chi connectivity index (χ0n) is 7.84. The van der Waals surface area contributed by atoms with Crippen LogP contribution in [0.2, 0.25) is 0 Å². The van der Waals surface area contributed by atoms with Crippen LogP contribution in [0.5, 0.6) is 5.75 Å². The van der Waals surface area contributed by atoms with Crippen molar-refractivity contribution in [3.63, 3.8) is 0 Å². The van der Waals surface area contributed by atoms with Gasteiger partial charge in [0.1, 0.15) is 0 Å². The maximum Gasteiger partial charge on any atom is 0.187 e. The van der Waals surface area contributed by atoms with E-state index in [4.69, 9.17) is 5.11 Å². The summed E-state index contributed by atoms with van der Waals surface area (Å²) in [5, 5.41) is 8.79. The summed E-state index contributed by atoms with van der Waals surface area (Å²) in [5.41, 5.74) is -0.0622. The molecule has 0 bridgehead atoms. The molecule has 0 saturated heterocycles. The van der Waals surface area contributed by atoms with E-state index in [9.17, 15) is 13.6 Å². The molecule has 2 nitrogen and oxygen atoms in total. The van der Waals surface area contributed by atoms with E-state index in [1.54, 1.807) is 13.8 Å². The summed E-state index contributed by atoms with van der Waals surface area (Å²) in [4.78, 5) is 11.3. The minimum Gasteiger partial charge on any atom is -0.503 e. The Morgan fingerprint density at radius 1 is 1.29 bits per heavy atom. The van der Waals surface area contributed by atoms with E-state index in [2.05, 4.69) is 0 Å². The number of phenolic OH excluding ortho intramolecular Hbond substituents is 1. The molecule has 0 atom stereocenters. The lowest BCUT2D eigenvalue weighted by Crippen LogP contribution is -2.08. The summed E-state index contributed by atoms with van der Waals surface area (Å²) in [6.07, 6.45) is 0. The average Bonchev–Trinajstić information content (AvgIpc) is 2.12. The van der Waals surface area contributed by atoms with E-state index in [-0.39, 0.29) is 17.3 Å². The predicted molar refractivity (Wildman–Crippen MR) is 47.2 cm³/mol. The van der Waals surface area contributed by atoms with Gasteiger partial charge in [0.25, 0.3) is 0 Å². The second kappa shape index (κ2) is 3.74. The minimum atomic E-state index is -1.12. The van der Waals surface area contributed by atoms with Crippen LogP contribution in [0.3, 0.4) is 0 Å². The minimum absolute atomic E-state index is 0.0622. The van der Waals surface area contributed by atoms with Gasteiger partial charge < -0.3 is 5.11 Å². The number of ketones is 1. The highest BCUT2D eigenvalue weighted by atomic mass is 19.1. The van der Waals surface area contributed by atoms with E-state index < -0.39 is 17.4 Å². The summed E-state index contributed by atoms with van der Waals surface area (Å²) in [6, 6.07) is 1.67. The zero-order chi connectivity index (χ0) is 10.9. The summed E-state index contributed by atoms with van der Waals surface area (Å²) < 4.78 is 25.6. The van der Waals surface area contributed by atoms with Crippen LogP contribution < -0.4 is 0 Å². The van der Waals surface area contributed by atoms with Gasteiger partial charge in [-0.3, -0.25) is 4.79 Å². The maximum atomic E-state index is 12.8. The molecule has 14 heavy (non-hydrogen) atoms. The van der Waals surface area contributed by atoms with Gasteiger partial charge in [0.15, 0.2) is 23.2 Å². The number of hydrogen-bond donors (Lipinski definition) is 1. The van der Waals surface area contributed by atoms with Crippen molar-refractivity contribution in [3.8, 4) is 5.75 Å². The number of Topliss-reactive ketones (excluding diaryl/α,β-unsaturated/α-hetero) is 1. The highest BCUT2D eigenvalue weighted by Gasteiger charge is 2.16. The Morgan fingerprint density at radius 3 is 2.07 bits per heavy atom. The fraction of sp³-hybridized carbons (Fsp3) is 0.300. The van der Waals surface area contributed by atoms with Crippen LogP contribution in [-0.4, -0.2) is 10.9 Å². The monoisotopic (exact) mass is 200 g/mol. The van der Waals surface area contributed by atoms with Crippen LogP contribution in [0.4, 0.5) is 8.78 Å². The van der Waals surface area contributed by atoms with Crippen molar-refractivity contribution in [3.05, 3.63) is 29.3 Å². The lowest BCUT2D eigenvalue weighted by Gasteiger charge is -2.05. The number of phenols is 1. The zero-order valence-corrected chi connectivity index (χ0v) is 7.84. The molecule has 1 aromatic rings. The molecule has 0 saturated carbocycles. The van der Waals surface area contributed by atoms with Crippen molar-refractivity contribution in [1.82, 2.24) is 0 Å². The molecule has 76 valence electrons. The number of carbonyl (C=O) groups is 1. The molecular weight excluding hydrogens is 190 g/mol. The Balaban J connectivity index is 3.19. The molecule has 0 heterocycles. The highest BCUT2D eigenvalue weighted by Crippen LogP contribution is 2.22. The van der Waals surface area contributed by atoms with E-state index >= 15 is 0 Å². The molecule has 1 rings (SSSR count). The second-order valence-electron chi connectivity index (χ2n) is 3.31. The fourth-order valence-corrected chi connectivity index (χ4v) is 1.04. The van der Waals surface area contributed by atoms with Gasteiger partial charge in [0, 0.05) is 11.5 Å². The van der Waals surface area contributed by atoms with Crippen molar-refractivity contribution in [2.75, 3.05) is 0 Å². The van der Waals surface area contributed by atoms with Crippen LogP contribution in [0.1, 0.15) is 24.2 Å². The van der Waals surface area contributed by atoms with Crippen molar-refractivity contribution in [2.24, 2.45) is 5.92 Å². The van der Waals surface area contributed by atoms with Gasteiger partial charge in [-0.05, 0) is 12.1 Å². The number of carbonyl (C=O) groups excluding carboxylic acids is 1. The van der Waals surface area contributed by atoms with Crippen molar-refractivity contribution in [1.29, 1.82) is 0 Å². The number of aromatic hydroxyl groups is 1. The number of halogens is 2. The van der Waals surface area contributed by atoms with Gasteiger partial charge in [-0.1, -0.05) is 13.8 Å². The summed E-state index contributed by atoms with van der Waals surface area (Å²) in [7, 11) is 0. The molecule has 0 radical (unpaired) electrons. The first kappa shape index (κ1) is 10.6. The molecule has 0 aliphatic carbocycles. The Morgan fingerprint density at radius 2 is 1.71 bits per heavy atom. The summed E-state index contributed by atoms with van der Waals surface area (Å²) >= 11 is 0. The molecule has 1 aromatic carbocycles. The summed E-state index contributed by atoms with van der Waals surface area (Å²) in [5.74, 6) is -3.98. The smallest absolute Gasteiger partial charge is 0.187 e. The third-order valence-electron chi connectivity index (χ3n) is 1.83. The molecule has 0 spiro atoms. The molecule has 0 aliphatic rings. The molecular formula is C10H10F2O2. The molecule has 0 aliphatic heterocycles. The van der Waals surface area contributed by atoms with E-state index in [1.807, 2.05) is 0 Å². The van der Waals surface area contributed by atoms with Crippen molar-refractivity contribution >= 4 is 5.78 Å². The number of benzene rings is 1. The van der Waals surface area contributed by atoms with Crippen molar-refractivity contribution < 1.29 is 18.7 Å².